The van der Waals surface area contributed by atoms with Gasteiger partial charge in [-0.3, -0.25) is 4.72 Å². The van der Waals surface area contributed by atoms with Crippen LogP contribution < -0.4 is 10.5 Å². The van der Waals surface area contributed by atoms with Crippen LogP contribution in [0.5, 0.6) is 0 Å². The lowest BCUT2D eigenvalue weighted by atomic mass is 10.3. The minimum Gasteiger partial charge on any atom is -0.398 e. The third-order valence-corrected chi connectivity index (χ3v) is 5.03. The van der Waals surface area contributed by atoms with E-state index in [0.717, 1.165) is 0 Å². The quantitative estimate of drug-likeness (QED) is 0.767. The van der Waals surface area contributed by atoms with E-state index < -0.39 is 10.0 Å². The van der Waals surface area contributed by atoms with Gasteiger partial charge in [0.05, 0.1) is 5.69 Å². The standard InChI is InChI=1S/C11H9Br2N3O2S/c12-7-5-8(13)11(9(14)6-7)19(17,18)16-10-3-1-2-4-15-10/h1-6H,14H2,(H,15,16). The van der Waals surface area contributed by atoms with Gasteiger partial charge in [-0.2, -0.15) is 0 Å². The fraction of sp³-hybridized carbons (Fsp3) is 0. The number of pyridine rings is 1. The number of hydrogen-bond acceptors (Lipinski definition) is 4. The number of aromatic nitrogens is 1. The summed E-state index contributed by atoms with van der Waals surface area (Å²) in [7, 11) is -3.80. The van der Waals surface area contributed by atoms with E-state index in [0.29, 0.717) is 8.95 Å². The van der Waals surface area contributed by atoms with E-state index in [4.69, 9.17) is 5.73 Å². The second-order valence-corrected chi connectivity index (χ2v) is 7.02. The van der Waals surface area contributed by atoms with Gasteiger partial charge in [-0.05, 0) is 40.2 Å². The van der Waals surface area contributed by atoms with Gasteiger partial charge < -0.3 is 5.73 Å². The molecule has 8 heteroatoms. The highest BCUT2D eigenvalue weighted by atomic mass is 79.9. The Kier molecular flexibility index (Phi) is 4.12. The van der Waals surface area contributed by atoms with Crippen molar-refractivity contribution < 1.29 is 8.42 Å². The molecule has 1 heterocycles. The lowest BCUT2D eigenvalue weighted by Crippen LogP contribution is -2.16. The number of rotatable bonds is 3. The zero-order valence-electron chi connectivity index (χ0n) is 9.47. The van der Waals surface area contributed by atoms with Crippen molar-refractivity contribution in [1.29, 1.82) is 0 Å². The van der Waals surface area contributed by atoms with Crippen molar-refractivity contribution >= 4 is 53.4 Å². The Morgan fingerprint density at radius 1 is 1.21 bits per heavy atom. The van der Waals surface area contributed by atoms with E-state index in [-0.39, 0.29) is 16.4 Å². The summed E-state index contributed by atoms with van der Waals surface area (Å²) in [6, 6.07) is 8.08. The monoisotopic (exact) mass is 405 g/mol. The summed E-state index contributed by atoms with van der Waals surface area (Å²) < 4.78 is 28.0. The molecule has 0 unspecified atom stereocenters. The molecule has 0 saturated heterocycles. The normalized spacial score (nSPS) is 11.3. The van der Waals surface area contributed by atoms with Gasteiger partial charge >= 0.3 is 0 Å². The molecule has 2 rings (SSSR count). The highest BCUT2D eigenvalue weighted by Crippen LogP contribution is 2.32. The van der Waals surface area contributed by atoms with Gasteiger partial charge in [-0.15, -0.1) is 0 Å². The third-order valence-electron chi connectivity index (χ3n) is 2.21. The van der Waals surface area contributed by atoms with Crippen LogP contribution in [0.2, 0.25) is 0 Å². The van der Waals surface area contributed by atoms with Crippen LogP contribution in [0, 0.1) is 0 Å². The molecule has 3 N–H and O–H groups in total. The first-order chi connectivity index (χ1) is 8.90. The molecular weight excluding hydrogens is 398 g/mol. The summed E-state index contributed by atoms with van der Waals surface area (Å²) >= 11 is 6.44. The molecule has 0 aliphatic carbocycles. The van der Waals surface area contributed by atoms with Crippen LogP contribution in [0.1, 0.15) is 0 Å². The molecule has 1 aromatic carbocycles. The van der Waals surface area contributed by atoms with Crippen LogP contribution in [-0.4, -0.2) is 13.4 Å². The second kappa shape index (κ2) is 5.48. The van der Waals surface area contributed by atoms with Crippen LogP contribution >= 0.6 is 31.9 Å². The smallest absolute Gasteiger partial charge is 0.266 e. The predicted octanol–water partition coefficient (Wildman–Crippen LogP) is 2.99. The number of nitrogens with zero attached hydrogens (tertiary/aromatic N) is 1. The molecule has 5 nitrogen and oxygen atoms in total. The Bertz CT molecular complexity index is 682. The topological polar surface area (TPSA) is 85.1 Å². The number of anilines is 2. The molecule has 0 fully saturated rings. The maximum atomic E-state index is 12.3. The number of halogens is 2. The van der Waals surface area contributed by atoms with E-state index in [9.17, 15) is 8.42 Å². The molecule has 1 aromatic heterocycles. The SMILES string of the molecule is Nc1cc(Br)cc(Br)c1S(=O)(=O)Nc1ccccn1. The van der Waals surface area contributed by atoms with Crippen LogP contribution in [0.25, 0.3) is 0 Å². The van der Waals surface area contributed by atoms with Crippen molar-refractivity contribution in [2.45, 2.75) is 4.90 Å². The largest absolute Gasteiger partial charge is 0.398 e. The molecule has 0 spiro atoms. The fourth-order valence-electron chi connectivity index (χ4n) is 1.48. The van der Waals surface area contributed by atoms with Gasteiger partial charge in [0.2, 0.25) is 0 Å². The highest BCUT2D eigenvalue weighted by molar-refractivity contribution is 9.11. The molecule has 0 aliphatic rings. The third kappa shape index (κ3) is 3.26. The van der Waals surface area contributed by atoms with Crippen LogP contribution in [0.4, 0.5) is 11.5 Å². The molecule has 0 saturated carbocycles. The summed E-state index contributed by atoms with van der Waals surface area (Å²) in [5, 5.41) is 0. The average molecular weight is 407 g/mol. The van der Waals surface area contributed by atoms with Gasteiger partial charge in [0.15, 0.2) is 0 Å². The number of nitrogens with one attached hydrogen (secondary N) is 1. The molecule has 0 atom stereocenters. The number of benzene rings is 1. The zero-order valence-corrected chi connectivity index (χ0v) is 13.5. The molecule has 100 valence electrons. The second-order valence-electron chi connectivity index (χ2n) is 3.63. The lowest BCUT2D eigenvalue weighted by molar-refractivity contribution is 0.601. The molecule has 2 aromatic rings. The Balaban J connectivity index is 2.46. The van der Waals surface area contributed by atoms with Gasteiger partial charge in [0, 0.05) is 15.1 Å². The number of nitrogens with two attached hydrogens (primary N) is 1. The predicted molar refractivity (Wildman–Crippen MR) is 81.3 cm³/mol. The van der Waals surface area contributed by atoms with Crippen molar-refractivity contribution in [3.8, 4) is 0 Å². The first-order valence-corrected chi connectivity index (χ1v) is 8.15. The van der Waals surface area contributed by atoms with Gasteiger partial charge in [-0.1, -0.05) is 22.0 Å². The number of hydrogen-bond donors (Lipinski definition) is 2. The Morgan fingerprint density at radius 3 is 2.53 bits per heavy atom. The molecule has 19 heavy (non-hydrogen) atoms. The summed E-state index contributed by atoms with van der Waals surface area (Å²) in [6.45, 7) is 0. The lowest BCUT2D eigenvalue weighted by Gasteiger charge is -2.11. The molecular formula is C11H9Br2N3O2S. The minimum atomic E-state index is -3.80. The Morgan fingerprint density at radius 2 is 1.95 bits per heavy atom. The Hall–Kier alpha value is -1.12. The maximum Gasteiger partial charge on any atom is 0.266 e. The number of nitrogen functional groups attached to an aromatic ring is 1. The van der Waals surface area contributed by atoms with Crippen molar-refractivity contribution in [3.05, 3.63) is 45.5 Å². The number of sulfonamides is 1. The van der Waals surface area contributed by atoms with Crippen molar-refractivity contribution in [3.63, 3.8) is 0 Å². The molecule has 0 aliphatic heterocycles. The summed E-state index contributed by atoms with van der Waals surface area (Å²) in [4.78, 5) is 3.90. The van der Waals surface area contributed by atoms with Gasteiger partial charge in [0.1, 0.15) is 10.7 Å². The fourth-order valence-corrected chi connectivity index (χ4v) is 4.56. The van der Waals surface area contributed by atoms with E-state index >= 15 is 0 Å². The van der Waals surface area contributed by atoms with Gasteiger partial charge in [-0.25, -0.2) is 13.4 Å². The van der Waals surface area contributed by atoms with E-state index in [2.05, 4.69) is 41.6 Å². The molecule has 0 amide bonds. The zero-order chi connectivity index (χ0) is 14.0. The first kappa shape index (κ1) is 14.3. The van der Waals surface area contributed by atoms with Crippen molar-refractivity contribution in [2.24, 2.45) is 0 Å². The Labute approximate surface area is 127 Å². The summed E-state index contributed by atoms with van der Waals surface area (Å²) in [6.07, 6.45) is 1.50. The van der Waals surface area contributed by atoms with E-state index in [1.54, 1.807) is 24.3 Å². The van der Waals surface area contributed by atoms with Crippen LogP contribution in [0.3, 0.4) is 0 Å². The van der Waals surface area contributed by atoms with Crippen LogP contribution in [0.15, 0.2) is 50.4 Å². The minimum absolute atomic E-state index is 0.0126. The van der Waals surface area contributed by atoms with Crippen molar-refractivity contribution in [1.82, 2.24) is 4.98 Å². The molecule has 0 bridgehead atoms. The van der Waals surface area contributed by atoms with E-state index in [1.165, 1.54) is 12.3 Å². The first-order valence-electron chi connectivity index (χ1n) is 5.08. The summed E-state index contributed by atoms with van der Waals surface area (Å²) in [5.74, 6) is 0.233. The van der Waals surface area contributed by atoms with Crippen molar-refractivity contribution in [2.75, 3.05) is 10.5 Å². The highest BCUT2D eigenvalue weighted by Gasteiger charge is 2.22. The van der Waals surface area contributed by atoms with Crippen LogP contribution in [-0.2, 0) is 10.0 Å². The molecule has 0 radical (unpaired) electrons. The van der Waals surface area contributed by atoms with Gasteiger partial charge in [0.25, 0.3) is 10.0 Å². The average Bonchev–Trinajstić information content (AvgIpc) is 2.27. The summed E-state index contributed by atoms with van der Waals surface area (Å²) in [5.41, 5.74) is 5.91. The van der Waals surface area contributed by atoms with E-state index in [1.807, 2.05) is 0 Å². The maximum absolute atomic E-state index is 12.3.